The highest BCUT2D eigenvalue weighted by Crippen LogP contribution is 2.35. The molecule has 1 aliphatic carbocycles. The van der Waals surface area contributed by atoms with Gasteiger partial charge in [0.05, 0.1) is 10.6 Å². The maximum Gasteiger partial charge on any atom is 0.225 e. The zero-order chi connectivity index (χ0) is 15.0. The molecule has 1 aromatic rings. The second kappa shape index (κ2) is 5.40. The molecule has 1 amide bonds. The van der Waals surface area contributed by atoms with Crippen molar-refractivity contribution in [2.24, 2.45) is 5.92 Å². The van der Waals surface area contributed by atoms with E-state index < -0.39 is 9.84 Å². The Labute approximate surface area is 125 Å². The van der Waals surface area contributed by atoms with Crippen molar-refractivity contribution in [2.75, 3.05) is 19.3 Å². The topological polar surface area (TPSA) is 67.3 Å². The van der Waals surface area contributed by atoms with Gasteiger partial charge in [0.2, 0.25) is 5.91 Å². The van der Waals surface area contributed by atoms with Gasteiger partial charge in [0.25, 0.3) is 0 Å². The second-order valence-electron chi connectivity index (χ2n) is 6.03. The van der Waals surface area contributed by atoms with E-state index in [1.54, 1.807) is 18.3 Å². The standard InChI is InChI=1S/C15H20N2O3S/c1-21(19,20)13-3-2-8-16-14(13)11-6-9-17(10-7-11)15(18)12-4-5-12/h2-3,8,11-12H,4-7,9-10H2,1H3. The van der Waals surface area contributed by atoms with Crippen molar-refractivity contribution in [2.45, 2.75) is 36.5 Å². The van der Waals surface area contributed by atoms with Crippen LogP contribution < -0.4 is 0 Å². The van der Waals surface area contributed by atoms with Crippen LogP contribution in [0.1, 0.15) is 37.3 Å². The molecule has 5 nitrogen and oxygen atoms in total. The molecule has 1 saturated carbocycles. The van der Waals surface area contributed by atoms with Gasteiger partial charge in [0.1, 0.15) is 0 Å². The van der Waals surface area contributed by atoms with E-state index in [-0.39, 0.29) is 17.7 Å². The number of pyridine rings is 1. The SMILES string of the molecule is CS(=O)(=O)c1cccnc1C1CCN(C(=O)C2CC2)CC1. The molecular weight excluding hydrogens is 288 g/mol. The number of hydrogen-bond donors (Lipinski definition) is 0. The highest BCUT2D eigenvalue weighted by Gasteiger charge is 2.35. The first-order valence-electron chi connectivity index (χ1n) is 7.40. The number of sulfone groups is 1. The minimum Gasteiger partial charge on any atom is -0.342 e. The summed E-state index contributed by atoms with van der Waals surface area (Å²) >= 11 is 0. The normalized spacial score (nSPS) is 20.5. The summed E-state index contributed by atoms with van der Waals surface area (Å²) in [7, 11) is -3.26. The summed E-state index contributed by atoms with van der Waals surface area (Å²) in [5, 5.41) is 0. The predicted molar refractivity (Wildman–Crippen MR) is 78.6 cm³/mol. The molecule has 2 heterocycles. The molecule has 0 unspecified atom stereocenters. The summed E-state index contributed by atoms with van der Waals surface area (Å²) in [6.45, 7) is 1.42. The van der Waals surface area contributed by atoms with Gasteiger partial charge in [-0.25, -0.2) is 8.42 Å². The number of hydrogen-bond acceptors (Lipinski definition) is 4. The van der Waals surface area contributed by atoms with Crippen LogP contribution in [0.5, 0.6) is 0 Å². The lowest BCUT2D eigenvalue weighted by molar-refractivity contribution is -0.133. The molecule has 0 bridgehead atoms. The fourth-order valence-electron chi connectivity index (χ4n) is 2.98. The minimum atomic E-state index is -3.26. The highest BCUT2D eigenvalue weighted by atomic mass is 32.2. The summed E-state index contributed by atoms with van der Waals surface area (Å²) in [4.78, 5) is 18.6. The molecule has 6 heteroatoms. The fraction of sp³-hybridized carbons (Fsp3) is 0.600. The number of amides is 1. The van der Waals surface area contributed by atoms with Gasteiger partial charge in [-0.3, -0.25) is 9.78 Å². The maximum absolute atomic E-state index is 12.0. The molecule has 0 spiro atoms. The van der Waals surface area contributed by atoms with E-state index in [4.69, 9.17) is 0 Å². The molecule has 0 N–H and O–H groups in total. The zero-order valence-electron chi connectivity index (χ0n) is 12.2. The van der Waals surface area contributed by atoms with Gasteiger partial charge in [-0.1, -0.05) is 0 Å². The van der Waals surface area contributed by atoms with Gasteiger partial charge in [-0.05, 0) is 37.8 Å². The molecule has 0 aromatic carbocycles. The van der Waals surface area contributed by atoms with E-state index in [2.05, 4.69) is 4.98 Å². The fourth-order valence-corrected chi connectivity index (χ4v) is 3.91. The Morgan fingerprint density at radius 2 is 1.90 bits per heavy atom. The third-order valence-electron chi connectivity index (χ3n) is 4.32. The Morgan fingerprint density at radius 3 is 2.48 bits per heavy atom. The molecule has 2 fully saturated rings. The summed E-state index contributed by atoms with van der Waals surface area (Å²) < 4.78 is 23.7. The smallest absolute Gasteiger partial charge is 0.225 e. The predicted octanol–water partition coefficient (Wildman–Crippen LogP) is 1.60. The first-order chi connectivity index (χ1) is 9.97. The number of likely N-dealkylation sites (tertiary alicyclic amines) is 1. The second-order valence-corrected chi connectivity index (χ2v) is 8.02. The summed E-state index contributed by atoms with van der Waals surface area (Å²) in [5.41, 5.74) is 0.665. The number of piperidine rings is 1. The van der Waals surface area contributed by atoms with Crippen molar-refractivity contribution >= 4 is 15.7 Å². The molecule has 0 radical (unpaired) electrons. The molecule has 114 valence electrons. The maximum atomic E-state index is 12.0. The third-order valence-corrected chi connectivity index (χ3v) is 5.46. The van der Waals surface area contributed by atoms with Crippen LogP contribution in [0.3, 0.4) is 0 Å². The van der Waals surface area contributed by atoms with Crippen LogP contribution >= 0.6 is 0 Å². The van der Waals surface area contributed by atoms with Crippen LogP contribution in [-0.2, 0) is 14.6 Å². The Balaban J connectivity index is 1.74. The number of rotatable bonds is 3. The Hall–Kier alpha value is -1.43. The zero-order valence-corrected chi connectivity index (χ0v) is 13.0. The molecule has 1 aliphatic heterocycles. The van der Waals surface area contributed by atoms with E-state index in [0.29, 0.717) is 23.7 Å². The number of carbonyl (C=O) groups is 1. The van der Waals surface area contributed by atoms with Gasteiger partial charge in [-0.15, -0.1) is 0 Å². The van der Waals surface area contributed by atoms with Crippen LogP contribution in [0.15, 0.2) is 23.2 Å². The van der Waals surface area contributed by atoms with Crippen LogP contribution in [0, 0.1) is 5.92 Å². The summed E-state index contributed by atoms with van der Waals surface area (Å²) in [6.07, 6.45) is 6.50. The van der Waals surface area contributed by atoms with Crippen molar-refractivity contribution in [3.8, 4) is 0 Å². The quantitative estimate of drug-likeness (QED) is 0.850. The van der Waals surface area contributed by atoms with Crippen LogP contribution in [0.2, 0.25) is 0 Å². The average molecular weight is 308 g/mol. The Bertz CT molecular complexity index is 645. The van der Waals surface area contributed by atoms with Gasteiger partial charge < -0.3 is 4.90 Å². The lowest BCUT2D eigenvalue weighted by Crippen LogP contribution is -2.39. The monoisotopic (exact) mass is 308 g/mol. The lowest BCUT2D eigenvalue weighted by atomic mass is 9.92. The van der Waals surface area contributed by atoms with Gasteiger partial charge >= 0.3 is 0 Å². The van der Waals surface area contributed by atoms with Crippen LogP contribution in [0.4, 0.5) is 0 Å². The summed E-state index contributed by atoms with van der Waals surface area (Å²) in [6, 6.07) is 3.28. The van der Waals surface area contributed by atoms with Crippen LogP contribution in [-0.4, -0.2) is 43.6 Å². The number of nitrogens with zero attached hydrogens (tertiary/aromatic N) is 2. The molecule has 1 aromatic heterocycles. The van der Waals surface area contributed by atoms with E-state index >= 15 is 0 Å². The van der Waals surface area contributed by atoms with Crippen molar-refractivity contribution in [3.63, 3.8) is 0 Å². The highest BCUT2D eigenvalue weighted by molar-refractivity contribution is 7.90. The third kappa shape index (κ3) is 3.10. The van der Waals surface area contributed by atoms with Crippen molar-refractivity contribution in [3.05, 3.63) is 24.0 Å². The van der Waals surface area contributed by atoms with Gasteiger partial charge in [0.15, 0.2) is 9.84 Å². The van der Waals surface area contributed by atoms with E-state index in [1.807, 2.05) is 4.90 Å². The molecule has 21 heavy (non-hydrogen) atoms. The van der Waals surface area contributed by atoms with Crippen molar-refractivity contribution in [1.29, 1.82) is 0 Å². The van der Waals surface area contributed by atoms with Gasteiger partial charge in [-0.2, -0.15) is 0 Å². The Kier molecular flexibility index (Phi) is 3.73. The van der Waals surface area contributed by atoms with Gasteiger partial charge in [0, 0.05) is 37.4 Å². The lowest BCUT2D eigenvalue weighted by Gasteiger charge is -2.32. The molecule has 2 aliphatic rings. The Morgan fingerprint density at radius 1 is 1.24 bits per heavy atom. The first kappa shape index (κ1) is 14.5. The minimum absolute atomic E-state index is 0.124. The molecule has 3 rings (SSSR count). The van der Waals surface area contributed by atoms with Crippen molar-refractivity contribution < 1.29 is 13.2 Å². The van der Waals surface area contributed by atoms with Crippen LogP contribution in [0.25, 0.3) is 0 Å². The first-order valence-corrected chi connectivity index (χ1v) is 9.29. The molecule has 1 saturated heterocycles. The van der Waals surface area contributed by atoms with E-state index in [9.17, 15) is 13.2 Å². The van der Waals surface area contributed by atoms with E-state index in [1.165, 1.54) is 6.26 Å². The number of carbonyl (C=O) groups excluding carboxylic acids is 1. The summed E-state index contributed by atoms with van der Waals surface area (Å²) in [5.74, 6) is 0.653. The molecular formula is C15H20N2O3S. The van der Waals surface area contributed by atoms with Crippen molar-refractivity contribution in [1.82, 2.24) is 9.88 Å². The largest absolute Gasteiger partial charge is 0.342 e. The number of aromatic nitrogens is 1. The van der Waals surface area contributed by atoms with E-state index in [0.717, 1.165) is 25.7 Å². The average Bonchev–Trinajstić information content (AvgIpc) is 3.30. The molecule has 0 atom stereocenters.